The maximum atomic E-state index is 13.5. The van der Waals surface area contributed by atoms with Gasteiger partial charge in [0.15, 0.2) is 6.61 Å². The smallest absolute Gasteiger partial charge is 0.409 e. The number of carbonyl (C=O) groups is 6. The minimum absolute atomic E-state index is 0.0315. The van der Waals surface area contributed by atoms with E-state index in [9.17, 15) is 39.0 Å². The first-order valence-electron chi connectivity index (χ1n) is 14.8. The number of aliphatic carboxylic acids is 1. The molecule has 0 radical (unpaired) electrons. The quantitative estimate of drug-likeness (QED) is 0.277. The van der Waals surface area contributed by atoms with Crippen LogP contribution in [0.5, 0.6) is 5.75 Å². The number of aromatic nitrogens is 1. The molecule has 4 rings (SSSR count). The molecule has 1 aromatic carbocycles. The molecule has 2 saturated heterocycles. The summed E-state index contributed by atoms with van der Waals surface area (Å²) in [4.78, 5) is 83.9. The number of nitrogens with one attached hydrogen (secondary N) is 1. The number of fused-ring (bicyclic) bond motifs is 1. The third-order valence-electron chi connectivity index (χ3n) is 7.70. The van der Waals surface area contributed by atoms with Crippen molar-refractivity contribution in [1.29, 1.82) is 0 Å². The van der Waals surface area contributed by atoms with Crippen molar-refractivity contribution < 1.29 is 53.2 Å². The van der Waals surface area contributed by atoms with Crippen molar-refractivity contribution in [3.63, 3.8) is 0 Å². The number of aliphatic hydroxyl groups is 1. The molecular formula is C30H37N5O11. The molecule has 0 unspecified atom stereocenters. The zero-order valence-corrected chi connectivity index (χ0v) is 25.5. The number of carbonyl (C=O) groups excluding carboxylic acids is 5. The number of pyridine rings is 1. The Labute approximate surface area is 264 Å². The lowest BCUT2D eigenvalue weighted by Crippen LogP contribution is -2.56. The highest BCUT2D eigenvalue weighted by Crippen LogP contribution is 2.27. The Morgan fingerprint density at radius 3 is 2.43 bits per heavy atom. The van der Waals surface area contributed by atoms with Crippen molar-refractivity contribution in [1.82, 2.24) is 25.0 Å². The zero-order valence-electron chi connectivity index (χ0n) is 25.5. The average molecular weight is 644 g/mol. The Hall–Kier alpha value is -4.99. The third kappa shape index (κ3) is 8.18. The van der Waals surface area contributed by atoms with Crippen molar-refractivity contribution in [2.45, 2.75) is 44.4 Å². The molecule has 248 valence electrons. The van der Waals surface area contributed by atoms with Gasteiger partial charge in [0.05, 0.1) is 25.3 Å². The fraction of sp³-hybridized carbons (Fsp3) is 0.500. The molecule has 16 heteroatoms. The average Bonchev–Trinajstić information content (AvgIpc) is 3.46. The first kappa shape index (κ1) is 33.9. The van der Waals surface area contributed by atoms with Gasteiger partial charge in [-0.3, -0.25) is 19.2 Å². The van der Waals surface area contributed by atoms with E-state index in [2.05, 4.69) is 10.3 Å². The van der Waals surface area contributed by atoms with Crippen LogP contribution >= 0.6 is 0 Å². The molecule has 2 fully saturated rings. The van der Waals surface area contributed by atoms with Crippen LogP contribution in [0.3, 0.4) is 0 Å². The van der Waals surface area contributed by atoms with Gasteiger partial charge in [-0.25, -0.2) is 14.6 Å². The van der Waals surface area contributed by atoms with Gasteiger partial charge in [-0.1, -0.05) is 12.1 Å². The second-order valence-corrected chi connectivity index (χ2v) is 10.8. The van der Waals surface area contributed by atoms with Gasteiger partial charge in [0, 0.05) is 57.0 Å². The molecule has 2 aliphatic heterocycles. The molecule has 46 heavy (non-hydrogen) atoms. The number of hydrogen-bond acceptors (Lipinski definition) is 11. The summed E-state index contributed by atoms with van der Waals surface area (Å²) in [5.41, 5.74) is 0.204. The molecule has 4 amide bonds. The SMILES string of the molecule is CCOC(=O)N1CCN(C(=O)[C@H](CCC(=O)O)NC(=O)c2cc(OCC(=O)N3C[C@H](O)C[C@H]3C(=O)OC)c3ccccc3n2)CC1. The van der Waals surface area contributed by atoms with Crippen LogP contribution in [-0.2, 0) is 28.7 Å². The summed E-state index contributed by atoms with van der Waals surface area (Å²) in [7, 11) is 1.19. The molecular weight excluding hydrogens is 606 g/mol. The first-order valence-corrected chi connectivity index (χ1v) is 14.8. The van der Waals surface area contributed by atoms with Crippen LogP contribution in [0.2, 0.25) is 0 Å². The van der Waals surface area contributed by atoms with Crippen molar-refractivity contribution in [3.05, 3.63) is 36.0 Å². The Kier molecular flexibility index (Phi) is 11.3. The van der Waals surface area contributed by atoms with E-state index < -0.39 is 67.0 Å². The lowest BCUT2D eigenvalue weighted by Gasteiger charge is -2.35. The van der Waals surface area contributed by atoms with Gasteiger partial charge < -0.3 is 44.4 Å². The number of piperazine rings is 1. The number of amides is 4. The summed E-state index contributed by atoms with van der Waals surface area (Å²) in [6.07, 6.45) is -1.94. The number of carboxylic acid groups (broad SMARTS) is 1. The monoisotopic (exact) mass is 643 g/mol. The van der Waals surface area contributed by atoms with E-state index in [0.29, 0.717) is 10.9 Å². The number of ether oxygens (including phenoxy) is 3. The third-order valence-corrected chi connectivity index (χ3v) is 7.70. The van der Waals surface area contributed by atoms with Gasteiger partial charge in [0.1, 0.15) is 23.5 Å². The second-order valence-electron chi connectivity index (χ2n) is 10.8. The van der Waals surface area contributed by atoms with E-state index >= 15 is 0 Å². The number of hydrogen-bond donors (Lipinski definition) is 3. The van der Waals surface area contributed by atoms with Crippen molar-refractivity contribution >= 4 is 46.7 Å². The molecule has 2 aliphatic rings. The van der Waals surface area contributed by atoms with Crippen LogP contribution in [0.4, 0.5) is 4.79 Å². The Morgan fingerprint density at radius 2 is 1.76 bits per heavy atom. The summed E-state index contributed by atoms with van der Waals surface area (Å²) in [6.45, 7) is 2.08. The normalized spacial score (nSPS) is 18.5. The number of methoxy groups -OCH3 is 1. The Morgan fingerprint density at radius 1 is 1.07 bits per heavy atom. The molecule has 0 saturated carbocycles. The fourth-order valence-corrected chi connectivity index (χ4v) is 5.35. The molecule has 3 atom stereocenters. The van der Waals surface area contributed by atoms with Crippen LogP contribution in [0, 0.1) is 0 Å². The summed E-state index contributed by atoms with van der Waals surface area (Å²) in [6, 6.07) is 5.85. The standard InChI is InChI=1S/C30H37N5O11/c1-3-45-30(43)34-12-10-33(11-13-34)28(41)21(8-9-26(38)39)32-27(40)22-15-24(19-6-4-5-7-20(19)31-22)46-17-25(37)35-16-18(36)14-23(35)29(42)44-2/h4-7,15,18,21,23,36H,3,8-14,16-17H2,1-2H3,(H,32,40)(H,38,39)/t18-,21+,23+/m1/s1. The number of nitrogens with zero attached hydrogens (tertiary/aromatic N) is 4. The second kappa shape index (κ2) is 15.3. The van der Waals surface area contributed by atoms with Crippen LogP contribution in [-0.4, -0.2) is 137 Å². The fourth-order valence-electron chi connectivity index (χ4n) is 5.35. The van der Waals surface area contributed by atoms with Crippen LogP contribution in [0.1, 0.15) is 36.7 Å². The lowest BCUT2D eigenvalue weighted by atomic mass is 10.1. The maximum Gasteiger partial charge on any atom is 0.409 e. The van der Waals surface area contributed by atoms with E-state index in [0.717, 1.165) is 0 Å². The minimum Gasteiger partial charge on any atom is -0.483 e. The molecule has 3 heterocycles. The van der Waals surface area contributed by atoms with Crippen LogP contribution < -0.4 is 10.1 Å². The van der Waals surface area contributed by atoms with E-state index in [1.807, 2.05) is 0 Å². The molecule has 0 bridgehead atoms. The topological polar surface area (TPSA) is 205 Å². The number of aliphatic hydroxyl groups excluding tert-OH is 1. The number of rotatable bonds is 11. The summed E-state index contributed by atoms with van der Waals surface area (Å²) in [5.74, 6) is -3.55. The number of likely N-dealkylation sites (tertiary alicyclic amines) is 1. The van der Waals surface area contributed by atoms with Crippen LogP contribution in [0.15, 0.2) is 30.3 Å². The molecule has 16 nitrogen and oxygen atoms in total. The summed E-state index contributed by atoms with van der Waals surface area (Å²) < 4.78 is 15.6. The van der Waals surface area contributed by atoms with Gasteiger partial charge in [-0.2, -0.15) is 0 Å². The van der Waals surface area contributed by atoms with E-state index in [4.69, 9.17) is 14.2 Å². The van der Waals surface area contributed by atoms with E-state index in [1.165, 1.54) is 27.9 Å². The number of benzene rings is 1. The summed E-state index contributed by atoms with van der Waals surface area (Å²) >= 11 is 0. The first-order chi connectivity index (χ1) is 22.0. The number of para-hydroxylation sites is 1. The van der Waals surface area contributed by atoms with Gasteiger partial charge in [-0.15, -0.1) is 0 Å². The van der Waals surface area contributed by atoms with Gasteiger partial charge in [0.25, 0.3) is 11.8 Å². The molecule has 1 aromatic heterocycles. The molecule has 3 N–H and O–H groups in total. The number of β-amino-alcohol motifs (C(OH)–C–C–N with tert-alkyl or cyclic N) is 1. The number of esters is 1. The van der Waals surface area contributed by atoms with Crippen molar-refractivity contribution in [3.8, 4) is 5.75 Å². The molecule has 0 aliphatic carbocycles. The van der Waals surface area contributed by atoms with Crippen molar-refractivity contribution in [2.75, 3.05) is 53.0 Å². The number of carboxylic acids is 1. The minimum atomic E-state index is -1.20. The highest BCUT2D eigenvalue weighted by molar-refractivity contribution is 5.99. The Bertz CT molecular complexity index is 1480. The largest absolute Gasteiger partial charge is 0.483 e. The van der Waals surface area contributed by atoms with E-state index in [-0.39, 0.29) is 63.6 Å². The van der Waals surface area contributed by atoms with Crippen molar-refractivity contribution in [2.24, 2.45) is 0 Å². The Balaban J connectivity index is 1.50. The highest BCUT2D eigenvalue weighted by Gasteiger charge is 2.40. The summed E-state index contributed by atoms with van der Waals surface area (Å²) in [5, 5.41) is 22.4. The zero-order chi connectivity index (χ0) is 33.4. The van der Waals surface area contributed by atoms with Crippen LogP contribution in [0.25, 0.3) is 10.9 Å². The lowest BCUT2D eigenvalue weighted by molar-refractivity contribution is -0.151. The molecule has 0 spiro atoms. The van der Waals surface area contributed by atoms with Gasteiger partial charge >= 0.3 is 18.0 Å². The maximum absolute atomic E-state index is 13.5. The molecule has 2 aromatic rings. The predicted octanol–water partition coefficient (Wildman–Crippen LogP) is 0.0123. The predicted molar refractivity (Wildman–Crippen MR) is 159 cm³/mol. The highest BCUT2D eigenvalue weighted by atomic mass is 16.6. The van der Waals surface area contributed by atoms with Gasteiger partial charge in [-0.05, 0) is 25.5 Å². The van der Waals surface area contributed by atoms with E-state index in [1.54, 1.807) is 31.2 Å². The van der Waals surface area contributed by atoms with Gasteiger partial charge in [0.2, 0.25) is 5.91 Å².